The van der Waals surface area contributed by atoms with Crippen molar-refractivity contribution in [2.45, 2.75) is 13.3 Å². The van der Waals surface area contributed by atoms with E-state index in [1.54, 1.807) is 11.8 Å². The lowest BCUT2D eigenvalue weighted by Crippen LogP contribution is -2.05. The maximum absolute atomic E-state index is 11.7. The van der Waals surface area contributed by atoms with Crippen molar-refractivity contribution in [3.8, 4) is 0 Å². The molecule has 0 saturated carbocycles. The lowest BCUT2D eigenvalue weighted by atomic mass is 10.1. The summed E-state index contributed by atoms with van der Waals surface area (Å²) in [6.45, 7) is 2.15. The first-order valence-corrected chi connectivity index (χ1v) is 6.18. The van der Waals surface area contributed by atoms with E-state index in [1.165, 1.54) is 0 Å². The van der Waals surface area contributed by atoms with Crippen molar-refractivity contribution < 1.29 is 9.90 Å². The second-order valence-corrected chi connectivity index (χ2v) is 4.47. The lowest BCUT2D eigenvalue weighted by molar-refractivity contribution is 0.102. The maximum atomic E-state index is 11.7. The van der Waals surface area contributed by atoms with Crippen LogP contribution in [0.3, 0.4) is 0 Å². The van der Waals surface area contributed by atoms with Gasteiger partial charge < -0.3 is 5.11 Å². The van der Waals surface area contributed by atoms with Gasteiger partial charge in [-0.15, -0.1) is 0 Å². The smallest absolute Gasteiger partial charge is 0.172 e. The molecular formula is C12H16O2S. The minimum Gasteiger partial charge on any atom is -0.396 e. The van der Waals surface area contributed by atoms with E-state index in [-0.39, 0.29) is 12.4 Å². The number of thioether (sulfide) groups is 1. The van der Waals surface area contributed by atoms with Crippen molar-refractivity contribution >= 4 is 17.5 Å². The summed E-state index contributed by atoms with van der Waals surface area (Å²) in [5, 5.41) is 8.59. The Morgan fingerprint density at radius 2 is 2.13 bits per heavy atom. The average Bonchev–Trinajstić information content (AvgIpc) is 2.25. The van der Waals surface area contributed by atoms with E-state index in [0.29, 0.717) is 5.75 Å². The average molecular weight is 224 g/mol. The number of aliphatic hydroxyl groups excluding tert-OH is 1. The summed E-state index contributed by atoms with van der Waals surface area (Å²) in [7, 11) is 0. The zero-order valence-corrected chi connectivity index (χ0v) is 9.72. The van der Waals surface area contributed by atoms with Gasteiger partial charge in [0.05, 0.1) is 5.75 Å². The van der Waals surface area contributed by atoms with Crippen LogP contribution in [0.4, 0.5) is 0 Å². The van der Waals surface area contributed by atoms with Gasteiger partial charge in [-0.25, -0.2) is 0 Å². The van der Waals surface area contributed by atoms with Gasteiger partial charge in [-0.2, -0.15) is 11.8 Å². The van der Waals surface area contributed by atoms with Crippen LogP contribution < -0.4 is 0 Å². The monoisotopic (exact) mass is 224 g/mol. The number of benzene rings is 1. The number of aryl methyl sites for hydroxylation is 1. The molecule has 1 aromatic carbocycles. The molecule has 0 aliphatic rings. The summed E-state index contributed by atoms with van der Waals surface area (Å²) in [6.07, 6.45) is 0.756. The van der Waals surface area contributed by atoms with Gasteiger partial charge >= 0.3 is 0 Å². The maximum Gasteiger partial charge on any atom is 0.172 e. The highest BCUT2D eigenvalue weighted by Crippen LogP contribution is 2.12. The van der Waals surface area contributed by atoms with Crippen LogP contribution >= 0.6 is 11.8 Å². The Bertz CT molecular complexity index is 323. The Balaban J connectivity index is 2.44. The Morgan fingerprint density at radius 3 is 2.80 bits per heavy atom. The predicted octanol–water partition coefficient (Wildman–Crippen LogP) is 2.29. The summed E-state index contributed by atoms with van der Waals surface area (Å²) in [5.74, 6) is 1.52. The molecule has 82 valence electrons. The summed E-state index contributed by atoms with van der Waals surface area (Å²) in [6, 6.07) is 7.64. The molecule has 0 aliphatic carbocycles. The number of ketones is 1. The molecule has 1 N–H and O–H groups in total. The van der Waals surface area contributed by atoms with Crippen LogP contribution in [0.2, 0.25) is 0 Å². The number of aliphatic hydroxyl groups is 1. The SMILES string of the molecule is Cc1ccccc1C(=O)CSCCCO. The molecule has 1 rings (SSSR count). The second-order valence-electron chi connectivity index (χ2n) is 3.37. The third-order valence-electron chi connectivity index (χ3n) is 2.13. The van der Waals surface area contributed by atoms with Crippen molar-refractivity contribution in [1.82, 2.24) is 0 Å². The zero-order valence-electron chi connectivity index (χ0n) is 8.90. The summed E-state index contributed by atoms with van der Waals surface area (Å²) >= 11 is 1.58. The number of Topliss-reactive ketones (excluding diaryl/α,β-unsaturated/α-hetero) is 1. The Hall–Kier alpha value is -0.800. The van der Waals surface area contributed by atoms with E-state index in [4.69, 9.17) is 5.11 Å². The fourth-order valence-corrected chi connectivity index (χ4v) is 2.11. The first kappa shape index (κ1) is 12.3. The molecule has 15 heavy (non-hydrogen) atoms. The van der Waals surface area contributed by atoms with E-state index in [2.05, 4.69) is 0 Å². The Kier molecular flexibility index (Phi) is 5.43. The fraction of sp³-hybridized carbons (Fsp3) is 0.417. The van der Waals surface area contributed by atoms with E-state index >= 15 is 0 Å². The van der Waals surface area contributed by atoms with E-state index < -0.39 is 0 Å². The van der Waals surface area contributed by atoms with Crippen molar-refractivity contribution in [1.29, 1.82) is 0 Å². The van der Waals surface area contributed by atoms with Gasteiger partial charge in [0.2, 0.25) is 0 Å². The largest absolute Gasteiger partial charge is 0.396 e. The van der Waals surface area contributed by atoms with Gasteiger partial charge in [0.1, 0.15) is 0 Å². The summed E-state index contributed by atoms with van der Waals surface area (Å²) < 4.78 is 0. The van der Waals surface area contributed by atoms with Crippen molar-refractivity contribution in [2.75, 3.05) is 18.1 Å². The highest BCUT2D eigenvalue weighted by Gasteiger charge is 2.07. The number of carbonyl (C=O) groups is 1. The van der Waals surface area contributed by atoms with E-state index in [9.17, 15) is 4.79 Å². The molecule has 0 aliphatic heterocycles. The highest BCUT2D eigenvalue weighted by atomic mass is 32.2. The molecule has 0 bridgehead atoms. The van der Waals surface area contributed by atoms with Gasteiger partial charge in [-0.3, -0.25) is 4.79 Å². The number of rotatable bonds is 6. The quantitative estimate of drug-likeness (QED) is 0.595. The zero-order chi connectivity index (χ0) is 11.1. The Morgan fingerprint density at radius 1 is 1.40 bits per heavy atom. The molecule has 0 saturated heterocycles. The summed E-state index contributed by atoms with van der Waals surface area (Å²) in [4.78, 5) is 11.7. The van der Waals surface area contributed by atoms with E-state index in [0.717, 1.165) is 23.3 Å². The molecule has 0 heterocycles. The predicted molar refractivity (Wildman–Crippen MR) is 64.5 cm³/mol. The van der Waals surface area contributed by atoms with Crippen LogP contribution in [-0.4, -0.2) is 29.0 Å². The number of hydrogen-bond acceptors (Lipinski definition) is 3. The first-order valence-electron chi connectivity index (χ1n) is 5.03. The van der Waals surface area contributed by atoms with Crippen LogP contribution in [0.5, 0.6) is 0 Å². The highest BCUT2D eigenvalue weighted by molar-refractivity contribution is 7.99. The molecule has 2 nitrogen and oxygen atoms in total. The molecule has 3 heteroatoms. The molecule has 0 amide bonds. The van der Waals surface area contributed by atoms with Gasteiger partial charge in [0.25, 0.3) is 0 Å². The first-order chi connectivity index (χ1) is 7.25. The molecule has 0 fully saturated rings. The van der Waals surface area contributed by atoms with Crippen LogP contribution in [0.1, 0.15) is 22.3 Å². The van der Waals surface area contributed by atoms with E-state index in [1.807, 2.05) is 31.2 Å². The van der Waals surface area contributed by atoms with Crippen LogP contribution in [0.25, 0.3) is 0 Å². The lowest BCUT2D eigenvalue weighted by Gasteiger charge is -2.03. The third-order valence-corrected chi connectivity index (χ3v) is 3.17. The van der Waals surface area contributed by atoms with Crippen molar-refractivity contribution in [2.24, 2.45) is 0 Å². The third kappa shape index (κ3) is 4.06. The fourth-order valence-electron chi connectivity index (χ4n) is 1.29. The van der Waals surface area contributed by atoms with Crippen LogP contribution in [0, 0.1) is 6.92 Å². The number of hydrogen-bond donors (Lipinski definition) is 1. The molecule has 0 unspecified atom stereocenters. The summed E-state index contributed by atoms with van der Waals surface area (Å²) in [5.41, 5.74) is 1.85. The molecule has 1 aromatic rings. The van der Waals surface area contributed by atoms with Gasteiger partial charge in [0, 0.05) is 12.2 Å². The van der Waals surface area contributed by atoms with Crippen molar-refractivity contribution in [3.05, 3.63) is 35.4 Å². The van der Waals surface area contributed by atoms with Gasteiger partial charge in [0.15, 0.2) is 5.78 Å². The van der Waals surface area contributed by atoms with Crippen LogP contribution in [-0.2, 0) is 0 Å². The molecule has 0 atom stereocenters. The molecule has 0 radical (unpaired) electrons. The van der Waals surface area contributed by atoms with Crippen molar-refractivity contribution in [3.63, 3.8) is 0 Å². The topological polar surface area (TPSA) is 37.3 Å². The molecular weight excluding hydrogens is 208 g/mol. The minimum atomic E-state index is 0.177. The standard InChI is InChI=1S/C12H16O2S/c1-10-5-2-3-6-11(10)12(14)9-15-8-4-7-13/h2-3,5-6,13H,4,7-9H2,1H3. The normalized spacial score (nSPS) is 10.3. The molecule has 0 aromatic heterocycles. The Labute approximate surface area is 94.7 Å². The number of carbonyl (C=O) groups excluding carboxylic acids is 1. The minimum absolute atomic E-state index is 0.177. The van der Waals surface area contributed by atoms with Gasteiger partial charge in [-0.05, 0) is 24.7 Å². The van der Waals surface area contributed by atoms with Crippen LogP contribution in [0.15, 0.2) is 24.3 Å². The van der Waals surface area contributed by atoms with Gasteiger partial charge in [-0.1, -0.05) is 24.3 Å². The molecule has 0 spiro atoms. The second kappa shape index (κ2) is 6.64.